The monoisotopic (exact) mass is 505 g/mol. The average Bonchev–Trinajstić information content (AvgIpc) is 2.74. The first-order valence-electron chi connectivity index (χ1n) is 10.1. The summed E-state index contributed by atoms with van der Waals surface area (Å²) < 4.78 is 0. The zero-order valence-electron chi connectivity index (χ0n) is 17.4. The first-order chi connectivity index (χ1) is 13.7. The molecule has 1 saturated heterocycles. The Bertz CT molecular complexity index is 766. The van der Waals surface area contributed by atoms with Crippen LogP contribution < -0.4 is 5.32 Å². The molecule has 0 unspecified atom stereocenters. The molecular weight excluding hydrogens is 473 g/mol. The summed E-state index contributed by atoms with van der Waals surface area (Å²) in [6.45, 7) is 8.01. The number of pyridine rings is 1. The third-order valence-corrected chi connectivity index (χ3v) is 5.03. The molecule has 1 aliphatic heterocycles. The Morgan fingerprint density at radius 1 is 1.10 bits per heavy atom. The molecule has 0 radical (unpaired) electrons. The van der Waals surface area contributed by atoms with Gasteiger partial charge in [0.25, 0.3) is 0 Å². The van der Waals surface area contributed by atoms with Crippen molar-refractivity contribution in [1.82, 2.24) is 20.1 Å². The van der Waals surface area contributed by atoms with Crippen molar-refractivity contribution in [3.8, 4) is 0 Å². The van der Waals surface area contributed by atoms with Crippen LogP contribution in [0.25, 0.3) is 6.08 Å². The fourth-order valence-electron chi connectivity index (χ4n) is 3.34. The van der Waals surface area contributed by atoms with Gasteiger partial charge in [-0.1, -0.05) is 48.6 Å². The molecule has 1 aliphatic rings. The molecule has 1 fully saturated rings. The molecule has 2 heterocycles. The Morgan fingerprint density at radius 2 is 1.86 bits per heavy atom. The minimum Gasteiger partial charge on any atom is -0.356 e. The van der Waals surface area contributed by atoms with E-state index in [0.29, 0.717) is 0 Å². The van der Waals surface area contributed by atoms with Gasteiger partial charge in [-0.2, -0.15) is 0 Å². The largest absolute Gasteiger partial charge is 0.356 e. The van der Waals surface area contributed by atoms with E-state index in [-0.39, 0.29) is 24.0 Å². The molecule has 0 amide bonds. The Hall–Kier alpha value is -1.93. The van der Waals surface area contributed by atoms with Gasteiger partial charge in [0, 0.05) is 58.2 Å². The minimum atomic E-state index is 0. The summed E-state index contributed by atoms with van der Waals surface area (Å²) in [7, 11) is 1.87. The lowest BCUT2D eigenvalue weighted by molar-refractivity contribution is 0.194. The highest BCUT2D eigenvalue weighted by atomic mass is 127. The summed E-state index contributed by atoms with van der Waals surface area (Å²) in [5.74, 6) is 1.000. The number of aryl methyl sites for hydroxylation is 1. The SMILES string of the molecule is CN=C(NCCc1ccc(C)nc1)N1CCN(C/C=C/c2ccccc2)CC1.I. The van der Waals surface area contributed by atoms with Gasteiger partial charge in [-0.15, -0.1) is 24.0 Å². The van der Waals surface area contributed by atoms with Gasteiger partial charge >= 0.3 is 0 Å². The number of guanidine groups is 1. The molecule has 3 rings (SSSR count). The first-order valence-corrected chi connectivity index (χ1v) is 10.1. The molecule has 1 aromatic carbocycles. The Balaban J connectivity index is 0.00000300. The van der Waals surface area contributed by atoms with Crippen molar-refractivity contribution in [3.63, 3.8) is 0 Å². The summed E-state index contributed by atoms with van der Waals surface area (Å²) in [4.78, 5) is 13.7. The molecule has 5 nitrogen and oxygen atoms in total. The predicted molar refractivity (Wildman–Crippen MR) is 133 cm³/mol. The molecule has 0 spiro atoms. The normalized spacial score (nSPS) is 15.4. The summed E-state index contributed by atoms with van der Waals surface area (Å²) in [6.07, 6.45) is 7.37. The summed E-state index contributed by atoms with van der Waals surface area (Å²) >= 11 is 0. The average molecular weight is 505 g/mol. The van der Waals surface area contributed by atoms with Crippen LogP contribution in [-0.4, -0.2) is 67.1 Å². The van der Waals surface area contributed by atoms with Crippen molar-refractivity contribution in [2.24, 2.45) is 4.99 Å². The van der Waals surface area contributed by atoms with Gasteiger partial charge in [0.05, 0.1) is 0 Å². The zero-order chi connectivity index (χ0) is 19.6. The van der Waals surface area contributed by atoms with Crippen LogP contribution in [0, 0.1) is 6.92 Å². The van der Waals surface area contributed by atoms with E-state index in [9.17, 15) is 0 Å². The smallest absolute Gasteiger partial charge is 0.193 e. The van der Waals surface area contributed by atoms with Crippen molar-refractivity contribution in [3.05, 3.63) is 71.6 Å². The number of nitrogens with zero attached hydrogens (tertiary/aromatic N) is 4. The zero-order valence-corrected chi connectivity index (χ0v) is 19.8. The van der Waals surface area contributed by atoms with E-state index in [1.807, 2.05) is 20.2 Å². The van der Waals surface area contributed by atoms with Crippen LogP contribution in [0.5, 0.6) is 0 Å². The van der Waals surface area contributed by atoms with Gasteiger partial charge in [-0.05, 0) is 30.5 Å². The summed E-state index contributed by atoms with van der Waals surface area (Å²) in [6, 6.07) is 14.7. The minimum absolute atomic E-state index is 0. The highest BCUT2D eigenvalue weighted by molar-refractivity contribution is 14.0. The number of aliphatic imine (C=N–C) groups is 1. The second-order valence-electron chi connectivity index (χ2n) is 7.13. The second-order valence-corrected chi connectivity index (χ2v) is 7.13. The maximum atomic E-state index is 4.47. The van der Waals surface area contributed by atoms with Crippen molar-refractivity contribution in [2.75, 3.05) is 46.3 Å². The van der Waals surface area contributed by atoms with E-state index < -0.39 is 0 Å². The van der Waals surface area contributed by atoms with E-state index in [4.69, 9.17) is 0 Å². The van der Waals surface area contributed by atoms with Gasteiger partial charge in [0.1, 0.15) is 0 Å². The number of hydrogen-bond acceptors (Lipinski definition) is 3. The molecular formula is C23H32IN5. The molecule has 29 heavy (non-hydrogen) atoms. The lowest BCUT2D eigenvalue weighted by atomic mass is 10.2. The van der Waals surface area contributed by atoms with Crippen molar-refractivity contribution < 1.29 is 0 Å². The molecule has 0 saturated carbocycles. The fourth-order valence-corrected chi connectivity index (χ4v) is 3.34. The van der Waals surface area contributed by atoms with E-state index in [0.717, 1.165) is 57.3 Å². The van der Waals surface area contributed by atoms with Crippen molar-refractivity contribution in [2.45, 2.75) is 13.3 Å². The summed E-state index contributed by atoms with van der Waals surface area (Å²) in [5.41, 5.74) is 3.57. The van der Waals surface area contributed by atoms with Gasteiger partial charge in [-0.3, -0.25) is 14.9 Å². The Morgan fingerprint density at radius 3 is 2.52 bits per heavy atom. The number of halogens is 1. The van der Waals surface area contributed by atoms with E-state index in [2.05, 4.69) is 79.7 Å². The van der Waals surface area contributed by atoms with Crippen LogP contribution in [0.4, 0.5) is 0 Å². The molecule has 6 heteroatoms. The third kappa shape index (κ3) is 7.78. The number of rotatable bonds is 6. The number of hydrogen-bond donors (Lipinski definition) is 1. The van der Waals surface area contributed by atoms with E-state index in [1.165, 1.54) is 11.1 Å². The fraction of sp³-hybridized carbons (Fsp3) is 0.391. The standard InChI is InChI=1S/C23H31N5.HI/c1-20-10-11-22(19-26-20)12-13-25-23(24-2)28-17-15-27(16-18-28)14-6-9-21-7-4-3-5-8-21;/h3-11,19H,12-18H2,1-2H3,(H,24,25);1H/b9-6+;. The van der Waals surface area contributed by atoms with Gasteiger partial charge in [0.2, 0.25) is 0 Å². The number of nitrogens with one attached hydrogen (secondary N) is 1. The highest BCUT2D eigenvalue weighted by Crippen LogP contribution is 2.05. The summed E-state index contributed by atoms with van der Waals surface area (Å²) in [5, 5.41) is 3.50. The van der Waals surface area contributed by atoms with Crippen LogP contribution in [0.15, 0.2) is 59.7 Å². The van der Waals surface area contributed by atoms with Gasteiger partial charge < -0.3 is 10.2 Å². The van der Waals surface area contributed by atoms with Gasteiger partial charge in [-0.25, -0.2) is 0 Å². The molecule has 2 aromatic rings. The Labute approximate surface area is 192 Å². The number of aromatic nitrogens is 1. The number of benzene rings is 1. The van der Waals surface area contributed by atoms with Crippen molar-refractivity contribution >= 4 is 36.0 Å². The molecule has 156 valence electrons. The molecule has 1 N–H and O–H groups in total. The Kier molecular flexibility index (Phi) is 10.1. The highest BCUT2D eigenvalue weighted by Gasteiger charge is 2.18. The van der Waals surface area contributed by atoms with E-state index >= 15 is 0 Å². The van der Waals surface area contributed by atoms with Crippen LogP contribution in [0.1, 0.15) is 16.8 Å². The van der Waals surface area contributed by atoms with E-state index in [1.54, 1.807) is 0 Å². The number of piperazine rings is 1. The maximum Gasteiger partial charge on any atom is 0.193 e. The molecule has 0 aliphatic carbocycles. The van der Waals surface area contributed by atoms with Crippen LogP contribution in [-0.2, 0) is 6.42 Å². The third-order valence-electron chi connectivity index (χ3n) is 5.03. The predicted octanol–water partition coefficient (Wildman–Crippen LogP) is 3.46. The molecule has 0 bridgehead atoms. The second kappa shape index (κ2) is 12.6. The van der Waals surface area contributed by atoms with Crippen LogP contribution in [0.3, 0.4) is 0 Å². The topological polar surface area (TPSA) is 43.8 Å². The first kappa shape index (κ1) is 23.3. The van der Waals surface area contributed by atoms with Gasteiger partial charge in [0.15, 0.2) is 5.96 Å². The van der Waals surface area contributed by atoms with Crippen molar-refractivity contribution in [1.29, 1.82) is 0 Å². The quantitative estimate of drug-likeness (QED) is 0.371. The molecule has 1 aromatic heterocycles. The molecule has 0 atom stereocenters. The maximum absolute atomic E-state index is 4.47. The lowest BCUT2D eigenvalue weighted by Crippen LogP contribution is -2.52. The van der Waals surface area contributed by atoms with Crippen LogP contribution >= 0.6 is 24.0 Å². The lowest BCUT2D eigenvalue weighted by Gasteiger charge is -2.36. The van der Waals surface area contributed by atoms with Crippen LogP contribution in [0.2, 0.25) is 0 Å².